The second-order valence-electron chi connectivity index (χ2n) is 7.55. The van der Waals surface area contributed by atoms with E-state index in [9.17, 15) is 9.18 Å². The van der Waals surface area contributed by atoms with E-state index in [0.717, 1.165) is 17.5 Å². The Morgan fingerprint density at radius 2 is 1.93 bits per heavy atom. The van der Waals surface area contributed by atoms with Crippen LogP contribution >= 0.6 is 0 Å². The van der Waals surface area contributed by atoms with E-state index in [2.05, 4.69) is 15.0 Å². The average Bonchev–Trinajstić information content (AvgIpc) is 3.46. The number of ether oxygens (including phenoxy) is 1. The summed E-state index contributed by atoms with van der Waals surface area (Å²) in [7, 11) is 0. The Morgan fingerprint density at radius 1 is 1.14 bits per heavy atom. The molecule has 5 nitrogen and oxygen atoms in total. The molecule has 6 heteroatoms. The quantitative estimate of drug-likeness (QED) is 0.613. The largest absolute Gasteiger partial charge is 0.489 e. The molecule has 0 amide bonds. The number of pyridine rings is 1. The van der Waals surface area contributed by atoms with E-state index in [1.54, 1.807) is 12.3 Å². The first-order valence-electron chi connectivity index (χ1n) is 9.60. The number of rotatable bonds is 7. The second kappa shape index (κ2) is 7.70. The van der Waals surface area contributed by atoms with Crippen LogP contribution < -0.4 is 4.74 Å². The number of carbonyl (C=O) groups is 1. The lowest BCUT2D eigenvalue weighted by Gasteiger charge is -2.19. The van der Waals surface area contributed by atoms with Crippen LogP contribution in [0.3, 0.4) is 0 Å². The van der Waals surface area contributed by atoms with Crippen molar-refractivity contribution in [2.24, 2.45) is 5.92 Å². The maximum absolute atomic E-state index is 13.1. The third-order valence-electron chi connectivity index (χ3n) is 5.50. The zero-order valence-corrected chi connectivity index (χ0v) is 16.4. The molecule has 1 saturated carbocycles. The summed E-state index contributed by atoms with van der Waals surface area (Å²) in [6.07, 6.45) is 3.72. The molecule has 3 aromatic rings. The Hall–Kier alpha value is -3.15. The van der Waals surface area contributed by atoms with Gasteiger partial charge in [0.15, 0.2) is 5.75 Å². The van der Waals surface area contributed by atoms with Gasteiger partial charge in [0.25, 0.3) is 0 Å². The van der Waals surface area contributed by atoms with Crippen LogP contribution in [0.2, 0.25) is 0 Å². The molecule has 0 aliphatic heterocycles. The Bertz CT molecular complexity index is 1020. The maximum atomic E-state index is 13.1. The number of carbonyl (C=O) groups excluding carboxylic acids is 1. The van der Waals surface area contributed by atoms with Crippen LogP contribution in [0.15, 0.2) is 54.9 Å². The van der Waals surface area contributed by atoms with Crippen molar-refractivity contribution in [1.29, 1.82) is 0 Å². The number of nitrogens with zero attached hydrogens (tertiary/aromatic N) is 3. The van der Waals surface area contributed by atoms with Crippen LogP contribution in [-0.4, -0.2) is 27.3 Å². The standard InChI is InChI=1S/C23H22FN3O2/c1-15-22(13-25-16(2)27-15)29-14-23(17-6-4-3-5-7-17)11-20(23)21(28)10-19-9-8-18(24)12-26-19/h3-9,12-13,20H,10-11,14H2,1-2H3/t20-,23+/m0/s1. The molecule has 0 bridgehead atoms. The molecule has 4 rings (SSSR count). The summed E-state index contributed by atoms with van der Waals surface area (Å²) in [4.78, 5) is 25.5. The smallest absolute Gasteiger partial charge is 0.158 e. The average molecular weight is 391 g/mol. The highest BCUT2D eigenvalue weighted by Crippen LogP contribution is 2.55. The molecule has 2 heterocycles. The van der Waals surface area contributed by atoms with E-state index in [1.165, 1.54) is 6.07 Å². The van der Waals surface area contributed by atoms with E-state index in [0.29, 0.717) is 30.3 Å². The highest BCUT2D eigenvalue weighted by molar-refractivity contribution is 5.88. The van der Waals surface area contributed by atoms with Crippen molar-refractivity contribution in [3.05, 3.63) is 83.5 Å². The Balaban J connectivity index is 1.53. The second-order valence-corrected chi connectivity index (χ2v) is 7.55. The Morgan fingerprint density at radius 3 is 2.62 bits per heavy atom. The van der Waals surface area contributed by atoms with Gasteiger partial charge in [-0.15, -0.1) is 0 Å². The van der Waals surface area contributed by atoms with Crippen molar-refractivity contribution in [3.8, 4) is 5.75 Å². The fourth-order valence-corrected chi connectivity index (χ4v) is 3.79. The zero-order chi connectivity index (χ0) is 20.4. The van der Waals surface area contributed by atoms with Gasteiger partial charge in [-0.2, -0.15) is 0 Å². The Labute approximate surface area is 169 Å². The van der Waals surface area contributed by atoms with Gasteiger partial charge in [-0.25, -0.2) is 14.4 Å². The summed E-state index contributed by atoms with van der Waals surface area (Å²) >= 11 is 0. The van der Waals surface area contributed by atoms with Gasteiger partial charge in [-0.3, -0.25) is 9.78 Å². The van der Waals surface area contributed by atoms with Crippen LogP contribution in [0.25, 0.3) is 0 Å². The minimum Gasteiger partial charge on any atom is -0.489 e. The number of halogens is 1. The number of aryl methyl sites for hydroxylation is 2. The maximum Gasteiger partial charge on any atom is 0.158 e. The topological polar surface area (TPSA) is 65.0 Å². The van der Waals surface area contributed by atoms with Crippen molar-refractivity contribution in [2.75, 3.05) is 6.61 Å². The molecule has 2 atom stereocenters. The van der Waals surface area contributed by atoms with E-state index in [1.807, 2.05) is 44.2 Å². The molecule has 2 aromatic heterocycles. The highest BCUT2D eigenvalue weighted by atomic mass is 19.1. The third kappa shape index (κ3) is 4.01. The number of aromatic nitrogens is 3. The van der Waals surface area contributed by atoms with Crippen molar-refractivity contribution in [3.63, 3.8) is 0 Å². The first kappa shape index (κ1) is 19.2. The summed E-state index contributed by atoms with van der Waals surface area (Å²) in [6.45, 7) is 4.09. The molecule has 148 valence electrons. The van der Waals surface area contributed by atoms with Gasteiger partial charge in [-0.05, 0) is 38.0 Å². The molecule has 0 unspecified atom stereocenters. The molecule has 1 aromatic carbocycles. The summed E-state index contributed by atoms with van der Waals surface area (Å²) in [6, 6.07) is 12.9. The van der Waals surface area contributed by atoms with Crippen molar-refractivity contribution < 1.29 is 13.9 Å². The normalized spacial score (nSPS) is 20.3. The van der Waals surface area contributed by atoms with Crippen LogP contribution in [-0.2, 0) is 16.6 Å². The molecule has 1 fully saturated rings. The molecule has 0 saturated heterocycles. The van der Waals surface area contributed by atoms with E-state index in [-0.39, 0.29) is 23.5 Å². The van der Waals surface area contributed by atoms with E-state index >= 15 is 0 Å². The van der Waals surface area contributed by atoms with Gasteiger partial charge in [0.1, 0.15) is 17.4 Å². The van der Waals surface area contributed by atoms with Gasteiger partial charge in [0, 0.05) is 23.4 Å². The van der Waals surface area contributed by atoms with Crippen LogP contribution in [0.4, 0.5) is 4.39 Å². The lowest BCUT2D eigenvalue weighted by Crippen LogP contribution is -2.24. The summed E-state index contributed by atoms with van der Waals surface area (Å²) in [5.74, 6) is 0.843. The number of hydrogen-bond donors (Lipinski definition) is 0. The minimum atomic E-state index is -0.407. The third-order valence-corrected chi connectivity index (χ3v) is 5.50. The highest BCUT2D eigenvalue weighted by Gasteiger charge is 2.59. The van der Waals surface area contributed by atoms with Gasteiger partial charge < -0.3 is 4.74 Å². The number of hydrogen-bond acceptors (Lipinski definition) is 5. The fraction of sp³-hybridized carbons (Fsp3) is 0.304. The van der Waals surface area contributed by atoms with Crippen molar-refractivity contribution >= 4 is 5.78 Å². The van der Waals surface area contributed by atoms with Gasteiger partial charge in [0.2, 0.25) is 0 Å². The number of benzene rings is 1. The van der Waals surface area contributed by atoms with Crippen LogP contribution in [0.5, 0.6) is 5.75 Å². The van der Waals surface area contributed by atoms with Crippen molar-refractivity contribution in [2.45, 2.75) is 32.1 Å². The monoisotopic (exact) mass is 391 g/mol. The zero-order valence-electron chi connectivity index (χ0n) is 16.4. The molecular weight excluding hydrogens is 369 g/mol. The predicted molar refractivity (Wildman–Crippen MR) is 106 cm³/mol. The minimum absolute atomic E-state index is 0.0911. The van der Waals surface area contributed by atoms with Crippen LogP contribution in [0, 0.1) is 25.6 Å². The fourth-order valence-electron chi connectivity index (χ4n) is 3.79. The molecule has 0 radical (unpaired) electrons. The van der Waals surface area contributed by atoms with Gasteiger partial charge in [-0.1, -0.05) is 30.3 Å². The lowest BCUT2D eigenvalue weighted by atomic mass is 9.92. The molecule has 1 aliphatic carbocycles. The van der Waals surface area contributed by atoms with E-state index < -0.39 is 5.82 Å². The SMILES string of the molecule is Cc1ncc(OC[C@@]2(c3ccccc3)C[C@H]2C(=O)Cc2ccc(F)cn2)c(C)n1. The van der Waals surface area contributed by atoms with E-state index in [4.69, 9.17) is 4.74 Å². The first-order chi connectivity index (χ1) is 14.0. The predicted octanol–water partition coefficient (Wildman–Crippen LogP) is 3.78. The molecule has 0 N–H and O–H groups in total. The lowest BCUT2D eigenvalue weighted by molar-refractivity contribution is -0.120. The molecule has 29 heavy (non-hydrogen) atoms. The Kier molecular flexibility index (Phi) is 5.09. The molecular formula is C23H22FN3O2. The van der Waals surface area contributed by atoms with Crippen LogP contribution in [0.1, 0.15) is 29.2 Å². The molecule has 0 spiro atoms. The summed E-state index contributed by atoms with van der Waals surface area (Å²) in [5, 5.41) is 0. The summed E-state index contributed by atoms with van der Waals surface area (Å²) in [5.41, 5.74) is 2.06. The number of Topliss-reactive ketones (excluding diaryl/α,β-unsaturated/α-hetero) is 1. The molecule has 1 aliphatic rings. The van der Waals surface area contributed by atoms with Gasteiger partial charge in [0.05, 0.1) is 24.7 Å². The van der Waals surface area contributed by atoms with Gasteiger partial charge >= 0.3 is 0 Å². The van der Waals surface area contributed by atoms with Crippen molar-refractivity contribution in [1.82, 2.24) is 15.0 Å². The number of ketones is 1. The first-order valence-corrected chi connectivity index (χ1v) is 9.60. The summed E-state index contributed by atoms with van der Waals surface area (Å²) < 4.78 is 19.2.